The molecule has 0 saturated heterocycles. The van der Waals surface area contributed by atoms with E-state index in [4.69, 9.17) is 0 Å². The van der Waals surface area contributed by atoms with Crippen molar-refractivity contribution in [3.05, 3.63) is 77.9 Å². The number of hydrogen-bond acceptors (Lipinski definition) is 5. The fourth-order valence-electron chi connectivity index (χ4n) is 3.27. The molecule has 0 unspecified atom stereocenters. The van der Waals surface area contributed by atoms with Crippen molar-refractivity contribution in [3.8, 4) is 0 Å². The molecule has 142 valence electrons. The number of carbonyl (C=O) groups is 1. The molecule has 28 heavy (non-hydrogen) atoms. The second-order valence-electron chi connectivity index (χ2n) is 6.68. The maximum absolute atomic E-state index is 13.1. The van der Waals surface area contributed by atoms with Crippen LogP contribution in [0.2, 0.25) is 0 Å². The molecule has 0 radical (unpaired) electrons. The third kappa shape index (κ3) is 3.64. The number of amides is 1. The van der Waals surface area contributed by atoms with Crippen molar-refractivity contribution in [1.82, 2.24) is 9.97 Å². The van der Waals surface area contributed by atoms with Gasteiger partial charge < -0.3 is 15.1 Å². The number of nitrogens with zero attached hydrogens (tertiary/aromatic N) is 4. The summed E-state index contributed by atoms with van der Waals surface area (Å²) in [6.07, 6.45) is 1.49. The number of hydrogen-bond donors (Lipinski definition) is 1. The smallest absolute Gasteiger partial charge is 0.246 e. The molecule has 6 nitrogen and oxygen atoms in total. The van der Waals surface area contributed by atoms with Gasteiger partial charge in [-0.25, -0.2) is 14.4 Å². The normalized spacial score (nSPS) is 13.9. The summed E-state index contributed by atoms with van der Waals surface area (Å²) in [5.41, 5.74) is 2.62. The fraction of sp³-hybridized carbons (Fsp3) is 0.190. The molecule has 7 heteroatoms. The number of aromatic nitrogens is 2. The zero-order valence-corrected chi connectivity index (χ0v) is 15.5. The van der Waals surface area contributed by atoms with Crippen molar-refractivity contribution >= 4 is 23.2 Å². The van der Waals surface area contributed by atoms with Gasteiger partial charge in [0.2, 0.25) is 5.91 Å². The molecule has 0 fully saturated rings. The molecular weight excluding hydrogens is 357 g/mol. The van der Waals surface area contributed by atoms with Crippen LogP contribution in [0.15, 0.2) is 60.9 Å². The van der Waals surface area contributed by atoms with Crippen molar-refractivity contribution in [2.24, 2.45) is 0 Å². The number of nitrogens with one attached hydrogen (secondary N) is 1. The Morgan fingerprint density at radius 2 is 1.79 bits per heavy atom. The zero-order valence-electron chi connectivity index (χ0n) is 15.5. The van der Waals surface area contributed by atoms with Crippen LogP contribution in [0.3, 0.4) is 0 Å². The van der Waals surface area contributed by atoms with Crippen molar-refractivity contribution < 1.29 is 9.18 Å². The fourth-order valence-corrected chi connectivity index (χ4v) is 3.27. The van der Waals surface area contributed by atoms with Gasteiger partial charge in [0.25, 0.3) is 0 Å². The number of likely N-dealkylation sites (N-methyl/N-ethyl adjacent to an activating group) is 1. The highest BCUT2D eigenvalue weighted by Crippen LogP contribution is 2.30. The van der Waals surface area contributed by atoms with E-state index in [2.05, 4.69) is 15.3 Å². The van der Waals surface area contributed by atoms with E-state index in [-0.39, 0.29) is 18.3 Å². The zero-order chi connectivity index (χ0) is 19.5. The van der Waals surface area contributed by atoms with Crippen LogP contribution in [0, 0.1) is 5.82 Å². The van der Waals surface area contributed by atoms with Crippen LogP contribution < -0.4 is 15.1 Å². The van der Waals surface area contributed by atoms with Crippen LogP contribution in [0.4, 0.5) is 21.7 Å². The highest BCUT2D eigenvalue weighted by molar-refractivity contribution is 5.97. The Labute approximate surface area is 162 Å². The number of rotatable bonds is 4. The van der Waals surface area contributed by atoms with E-state index < -0.39 is 0 Å². The number of para-hydroxylation sites is 1. The van der Waals surface area contributed by atoms with Crippen LogP contribution >= 0.6 is 0 Å². The van der Waals surface area contributed by atoms with Gasteiger partial charge in [-0.05, 0) is 29.8 Å². The number of anilines is 3. The molecule has 3 aromatic rings. The predicted molar refractivity (Wildman–Crippen MR) is 107 cm³/mol. The molecule has 1 aromatic heterocycles. The van der Waals surface area contributed by atoms with Gasteiger partial charge in [0, 0.05) is 19.3 Å². The van der Waals surface area contributed by atoms with Gasteiger partial charge in [0.05, 0.1) is 18.7 Å². The van der Waals surface area contributed by atoms with Crippen LogP contribution in [0.25, 0.3) is 0 Å². The van der Waals surface area contributed by atoms with Gasteiger partial charge in [0.15, 0.2) is 0 Å². The van der Waals surface area contributed by atoms with E-state index in [0.29, 0.717) is 18.9 Å². The molecule has 2 heterocycles. The molecule has 1 aliphatic heterocycles. The Kier molecular flexibility index (Phi) is 4.89. The number of halogens is 1. The second kappa shape index (κ2) is 7.64. The third-order valence-electron chi connectivity index (χ3n) is 4.71. The quantitative estimate of drug-likeness (QED) is 0.757. The lowest BCUT2D eigenvalue weighted by Gasteiger charge is -2.21. The molecule has 0 bridgehead atoms. The monoisotopic (exact) mass is 377 g/mol. The van der Waals surface area contributed by atoms with Crippen LogP contribution in [-0.2, 0) is 17.9 Å². The topological polar surface area (TPSA) is 61.4 Å². The van der Waals surface area contributed by atoms with Gasteiger partial charge in [-0.3, -0.25) is 4.79 Å². The van der Waals surface area contributed by atoms with Gasteiger partial charge in [-0.1, -0.05) is 30.3 Å². The third-order valence-corrected chi connectivity index (χ3v) is 4.71. The number of benzene rings is 2. The summed E-state index contributed by atoms with van der Waals surface area (Å²) in [4.78, 5) is 25.2. The minimum absolute atomic E-state index is 0.00353. The van der Waals surface area contributed by atoms with Gasteiger partial charge >= 0.3 is 0 Å². The summed E-state index contributed by atoms with van der Waals surface area (Å²) in [6.45, 7) is 1.10. The maximum Gasteiger partial charge on any atom is 0.246 e. The van der Waals surface area contributed by atoms with E-state index in [9.17, 15) is 9.18 Å². The largest absolute Gasteiger partial charge is 0.366 e. The summed E-state index contributed by atoms with van der Waals surface area (Å²) >= 11 is 0. The first-order chi connectivity index (χ1) is 13.6. The summed E-state index contributed by atoms with van der Waals surface area (Å²) in [6, 6.07) is 15.9. The molecule has 1 amide bonds. The Bertz CT molecular complexity index is 978. The molecule has 1 N–H and O–H groups in total. The summed E-state index contributed by atoms with van der Waals surface area (Å²) in [7, 11) is 1.85. The first kappa shape index (κ1) is 17.9. The molecule has 1 aliphatic rings. The van der Waals surface area contributed by atoms with Crippen molar-refractivity contribution in [2.75, 3.05) is 28.7 Å². The molecule has 4 rings (SSSR count). The van der Waals surface area contributed by atoms with E-state index in [1.807, 2.05) is 42.3 Å². The minimum atomic E-state index is -0.265. The van der Waals surface area contributed by atoms with Gasteiger partial charge in [-0.2, -0.15) is 0 Å². The molecule has 0 atom stereocenters. The average molecular weight is 377 g/mol. The first-order valence-corrected chi connectivity index (χ1v) is 9.00. The van der Waals surface area contributed by atoms with Crippen LogP contribution in [0.1, 0.15) is 11.1 Å². The second-order valence-corrected chi connectivity index (χ2v) is 6.68. The lowest BCUT2D eigenvalue weighted by atomic mass is 10.2. The van der Waals surface area contributed by atoms with Crippen LogP contribution in [-0.4, -0.2) is 29.5 Å². The van der Waals surface area contributed by atoms with Crippen LogP contribution in [0.5, 0.6) is 0 Å². The highest BCUT2D eigenvalue weighted by atomic mass is 19.1. The minimum Gasteiger partial charge on any atom is -0.366 e. The highest BCUT2D eigenvalue weighted by Gasteiger charge is 2.27. The van der Waals surface area contributed by atoms with Crippen molar-refractivity contribution in [2.45, 2.75) is 13.1 Å². The SMILES string of the molecule is CN1CC(=O)N(c2ccccc2)Cc2c(NCc3ccc(F)cc3)ncnc21. The predicted octanol–water partition coefficient (Wildman–Crippen LogP) is 3.21. The lowest BCUT2D eigenvalue weighted by molar-refractivity contribution is -0.117. The average Bonchev–Trinajstić information content (AvgIpc) is 2.84. The van der Waals surface area contributed by atoms with Gasteiger partial charge in [0.1, 0.15) is 23.8 Å². The molecule has 0 spiro atoms. The molecule has 0 aliphatic carbocycles. The van der Waals surface area contributed by atoms with E-state index >= 15 is 0 Å². The maximum atomic E-state index is 13.1. The lowest BCUT2D eigenvalue weighted by Crippen LogP contribution is -2.35. The molecule has 2 aromatic carbocycles. The Morgan fingerprint density at radius 1 is 1.04 bits per heavy atom. The molecule has 0 saturated carbocycles. The first-order valence-electron chi connectivity index (χ1n) is 9.00. The van der Waals surface area contributed by atoms with E-state index in [0.717, 1.165) is 22.6 Å². The van der Waals surface area contributed by atoms with E-state index in [1.165, 1.54) is 18.5 Å². The Morgan fingerprint density at radius 3 is 2.54 bits per heavy atom. The Balaban J connectivity index is 1.65. The standard InChI is InChI=1S/C21H20FN5O/c1-26-13-19(28)27(17-5-3-2-4-6-17)12-18-20(24-14-25-21(18)26)23-11-15-7-9-16(22)10-8-15/h2-10,14H,11-13H2,1H3,(H,23,24,25). The number of fused-ring (bicyclic) bond motifs is 1. The van der Waals surface area contributed by atoms with E-state index in [1.54, 1.807) is 17.0 Å². The Hall–Kier alpha value is -3.48. The number of carbonyl (C=O) groups excluding carboxylic acids is 1. The van der Waals surface area contributed by atoms with Crippen molar-refractivity contribution in [1.29, 1.82) is 0 Å². The van der Waals surface area contributed by atoms with Gasteiger partial charge in [-0.15, -0.1) is 0 Å². The molecular formula is C21H20FN5O. The summed E-state index contributed by atoms with van der Waals surface area (Å²) < 4.78 is 13.1. The summed E-state index contributed by atoms with van der Waals surface area (Å²) in [5, 5.41) is 3.31. The summed E-state index contributed by atoms with van der Waals surface area (Å²) in [5.74, 6) is 1.12. The van der Waals surface area contributed by atoms with Crippen molar-refractivity contribution in [3.63, 3.8) is 0 Å².